The fourth-order valence-corrected chi connectivity index (χ4v) is 4.08. The molecule has 20 heavy (non-hydrogen) atoms. The van der Waals surface area contributed by atoms with Crippen molar-refractivity contribution in [2.75, 3.05) is 26.2 Å². The zero-order chi connectivity index (χ0) is 13.9. The quantitative estimate of drug-likeness (QED) is 0.925. The topological polar surface area (TPSA) is 43.8 Å². The van der Waals surface area contributed by atoms with Crippen molar-refractivity contribution in [3.63, 3.8) is 0 Å². The molecule has 0 radical (unpaired) electrons. The van der Waals surface area contributed by atoms with E-state index in [-0.39, 0.29) is 18.1 Å². The number of carbonyl (C=O) groups is 1. The number of hydrogen-bond acceptors (Lipinski definition) is 4. The first-order valence-corrected chi connectivity index (χ1v) is 8.35. The second-order valence-corrected chi connectivity index (χ2v) is 6.75. The monoisotopic (exact) mass is 294 g/mol. The average molecular weight is 294 g/mol. The van der Waals surface area contributed by atoms with Crippen LogP contribution in [0.1, 0.15) is 36.6 Å². The van der Waals surface area contributed by atoms with Gasteiger partial charge in [-0.2, -0.15) is 0 Å². The predicted octanol–water partition coefficient (Wildman–Crippen LogP) is 1.87. The zero-order valence-corrected chi connectivity index (χ0v) is 12.5. The molecular formula is C15H22N2O2S. The predicted molar refractivity (Wildman–Crippen MR) is 79.7 cm³/mol. The van der Waals surface area contributed by atoms with Crippen molar-refractivity contribution in [3.05, 3.63) is 22.4 Å². The Kier molecular flexibility index (Phi) is 4.38. The largest absolute Gasteiger partial charge is 0.393 e. The molecule has 2 saturated heterocycles. The van der Waals surface area contributed by atoms with E-state index in [1.165, 1.54) is 4.88 Å². The zero-order valence-electron chi connectivity index (χ0n) is 11.7. The SMILES string of the molecule is O=C(CN1CCC(O)CC1)N1CCCC1c1cccs1. The van der Waals surface area contributed by atoms with Crippen LogP contribution in [0.5, 0.6) is 0 Å². The van der Waals surface area contributed by atoms with Crippen LogP contribution in [0.4, 0.5) is 0 Å². The van der Waals surface area contributed by atoms with E-state index in [4.69, 9.17) is 0 Å². The molecule has 2 aliphatic heterocycles. The number of amides is 1. The van der Waals surface area contributed by atoms with E-state index in [0.29, 0.717) is 6.54 Å². The second-order valence-electron chi connectivity index (χ2n) is 5.77. The molecule has 1 aromatic heterocycles. The smallest absolute Gasteiger partial charge is 0.237 e. The number of hydrogen-bond donors (Lipinski definition) is 1. The average Bonchev–Trinajstić information content (AvgIpc) is 3.11. The summed E-state index contributed by atoms with van der Waals surface area (Å²) in [6.07, 6.45) is 3.60. The van der Waals surface area contributed by atoms with E-state index in [1.54, 1.807) is 11.3 Å². The van der Waals surface area contributed by atoms with Crippen molar-refractivity contribution in [2.45, 2.75) is 37.8 Å². The summed E-state index contributed by atoms with van der Waals surface area (Å²) in [6.45, 7) is 3.07. The summed E-state index contributed by atoms with van der Waals surface area (Å²) < 4.78 is 0. The van der Waals surface area contributed by atoms with Gasteiger partial charge in [-0.1, -0.05) is 6.07 Å². The van der Waals surface area contributed by atoms with Crippen LogP contribution in [0, 0.1) is 0 Å². The summed E-state index contributed by atoms with van der Waals surface area (Å²) >= 11 is 1.75. The summed E-state index contributed by atoms with van der Waals surface area (Å²) in [7, 11) is 0. The van der Waals surface area contributed by atoms with Gasteiger partial charge in [0.25, 0.3) is 0 Å². The minimum atomic E-state index is -0.174. The van der Waals surface area contributed by atoms with Gasteiger partial charge >= 0.3 is 0 Å². The van der Waals surface area contributed by atoms with E-state index < -0.39 is 0 Å². The lowest BCUT2D eigenvalue weighted by molar-refractivity contribution is -0.133. The molecule has 3 heterocycles. The molecule has 3 rings (SSSR count). The first-order valence-electron chi connectivity index (χ1n) is 7.47. The number of aliphatic hydroxyl groups excluding tert-OH is 1. The normalized spacial score (nSPS) is 25.2. The number of rotatable bonds is 3. The number of aliphatic hydroxyl groups is 1. The lowest BCUT2D eigenvalue weighted by Gasteiger charge is -2.31. The fourth-order valence-electron chi connectivity index (χ4n) is 3.20. The van der Waals surface area contributed by atoms with Gasteiger partial charge in [-0.25, -0.2) is 0 Å². The molecule has 1 aromatic rings. The molecule has 0 saturated carbocycles. The summed E-state index contributed by atoms with van der Waals surface area (Å²) in [5.41, 5.74) is 0. The van der Waals surface area contributed by atoms with Crippen molar-refractivity contribution in [1.82, 2.24) is 9.80 Å². The molecule has 0 spiro atoms. The Hall–Kier alpha value is -0.910. The van der Waals surface area contributed by atoms with E-state index in [9.17, 15) is 9.90 Å². The highest BCUT2D eigenvalue weighted by atomic mass is 32.1. The molecule has 5 heteroatoms. The molecule has 4 nitrogen and oxygen atoms in total. The molecule has 110 valence electrons. The summed E-state index contributed by atoms with van der Waals surface area (Å²) in [4.78, 5) is 18.1. The van der Waals surface area contributed by atoms with E-state index in [1.807, 2.05) is 0 Å². The van der Waals surface area contributed by atoms with Gasteiger partial charge < -0.3 is 10.0 Å². The van der Waals surface area contributed by atoms with Gasteiger partial charge in [0.05, 0.1) is 18.7 Å². The Balaban J connectivity index is 1.59. The van der Waals surface area contributed by atoms with Crippen LogP contribution >= 0.6 is 11.3 Å². The highest BCUT2D eigenvalue weighted by Gasteiger charge is 2.31. The number of likely N-dealkylation sites (tertiary alicyclic amines) is 2. The van der Waals surface area contributed by atoms with Gasteiger partial charge in [0.1, 0.15) is 0 Å². The van der Waals surface area contributed by atoms with Crippen molar-refractivity contribution in [2.24, 2.45) is 0 Å². The van der Waals surface area contributed by atoms with Crippen molar-refractivity contribution < 1.29 is 9.90 Å². The first kappa shape index (κ1) is 14.0. The van der Waals surface area contributed by atoms with Crippen LogP contribution in [0.3, 0.4) is 0 Å². The summed E-state index contributed by atoms with van der Waals surface area (Å²) in [6, 6.07) is 4.49. The van der Waals surface area contributed by atoms with Gasteiger partial charge in [-0.15, -0.1) is 11.3 Å². The third-order valence-corrected chi connectivity index (χ3v) is 5.33. The van der Waals surface area contributed by atoms with Crippen LogP contribution in [0.25, 0.3) is 0 Å². The second kappa shape index (κ2) is 6.24. The van der Waals surface area contributed by atoms with Crippen LogP contribution in [0.2, 0.25) is 0 Å². The van der Waals surface area contributed by atoms with E-state index >= 15 is 0 Å². The highest BCUT2D eigenvalue weighted by Crippen LogP contribution is 2.34. The van der Waals surface area contributed by atoms with Gasteiger partial charge in [-0.3, -0.25) is 9.69 Å². The third kappa shape index (κ3) is 3.05. The Morgan fingerprint density at radius 1 is 1.30 bits per heavy atom. The standard InChI is InChI=1S/C15H22N2O2S/c18-12-5-8-16(9-6-12)11-15(19)17-7-1-3-13(17)14-4-2-10-20-14/h2,4,10,12-13,18H,1,3,5-9,11H2. The van der Waals surface area contributed by atoms with E-state index in [2.05, 4.69) is 27.3 Å². The third-order valence-electron chi connectivity index (χ3n) is 4.36. The molecule has 1 atom stereocenters. The van der Waals surface area contributed by atoms with Crippen molar-refractivity contribution in [1.29, 1.82) is 0 Å². The number of carbonyl (C=O) groups excluding carboxylic acids is 1. The van der Waals surface area contributed by atoms with Crippen LogP contribution < -0.4 is 0 Å². The molecule has 2 fully saturated rings. The molecule has 1 N–H and O–H groups in total. The van der Waals surface area contributed by atoms with E-state index in [0.717, 1.165) is 45.3 Å². The van der Waals surface area contributed by atoms with Gasteiger partial charge in [-0.05, 0) is 37.1 Å². The molecule has 0 aromatic carbocycles. The molecule has 1 unspecified atom stereocenters. The minimum absolute atomic E-state index is 0.174. The van der Waals surface area contributed by atoms with Gasteiger partial charge in [0.2, 0.25) is 5.91 Å². The summed E-state index contributed by atoms with van der Waals surface area (Å²) in [5.74, 6) is 0.247. The Morgan fingerprint density at radius 2 is 2.10 bits per heavy atom. The Labute approximate surface area is 124 Å². The molecule has 0 aliphatic carbocycles. The maximum atomic E-state index is 12.5. The number of nitrogens with zero attached hydrogens (tertiary/aromatic N) is 2. The molecule has 2 aliphatic rings. The molecular weight excluding hydrogens is 272 g/mol. The van der Waals surface area contributed by atoms with Crippen LogP contribution in [-0.2, 0) is 4.79 Å². The number of piperidine rings is 1. The highest BCUT2D eigenvalue weighted by molar-refractivity contribution is 7.10. The molecule has 1 amide bonds. The molecule has 0 bridgehead atoms. The number of thiophene rings is 1. The maximum absolute atomic E-state index is 12.5. The first-order chi connectivity index (χ1) is 9.74. The Morgan fingerprint density at radius 3 is 2.80 bits per heavy atom. The fraction of sp³-hybridized carbons (Fsp3) is 0.667. The summed E-state index contributed by atoms with van der Waals surface area (Å²) in [5, 5.41) is 11.6. The van der Waals surface area contributed by atoms with Gasteiger partial charge in [0, 0.05) is 24.5 Å². The van der Waals surface area contributed by atoms with Crippen molar-refractivity contribution >= 4 is 17.2 Å². The maximum Gasteiger partial charge on any atom is 0.237 e. The minimum Gasteiger partial charge on any atom is -0.393 e. The van der Waals surface area contributed by atoms with Crippen molar-refractivity contribution in [3.8, 4) is 0 Å². The van der Waals surface area contributed by atoms with Crippen LogP contribution in [-0.4, -0.2) is 53.1 Å². The lowest BCUT2D eigenvalue weighted by atomic mass is 10.1. The van der Waals surface area contributed by atoms with Gasteiger partial charge in [0.15, 0.2) is 0 Å². The lowest BCUT2D eigenvalue weighted by Crippen LogP contribution is -2.44. The van der Waals surface area contributed by atoms with Crippen LogP contribution in [0.15, 0.2) is 17.5 Å². The Bertz CT molecular complexity index is 441.